The molecule has 1 saturated heterocycles. The molecule has 0 bridgehead atoms. The van der Waals surface area contributed by atoms with Crippen molar-refractivity contribution in [2.24, 2.45) is 0 Å². The summed E-state index contributed by atoms with van der Waals surface area (Å²) in [6.07, 6.45) is 2.38. The molecule has 5 nitrogen and oxygen atoms in total. The minimum atomic E-state index is -0.675. The first-order valence-corrected chi connectivity index (χ1v) is 11.5. The fourth-order valence-corrected chi connectivity index (χ4v) is 4.63. The maximum atomic E-state index is 12.6. The quantitative estimate of drug-likeness (QED) is 0.550. The second-order valence-electron chi connectivity index (χ2n) is 7.30. The SMILES string of the molecule is CC(NC(=O)C(C)Sc1cc(Cl)ccc1Cl)C(=O)Nc1cccc(N2CCCC2)c1. The molecule has 30 heavy (non-hydrogen) atoms. The van der Waals surface area contributed by atoms with Gasteiger partial charge in [0.25, 0.3) is 0 Å². The van der Waals surface area contributed by atoms with Gasteiger partial charge in [-0.3, -0.25) is 9.59 Å². The molecule has 2 unspecified atom stereocenters. The molecule has 0 radical (unpaired) electrons. The number of amides is 2. The van der Waals surface area contributed by atoms with Crippen LogP contribution in [0.4, 0.5) is 11.4 Å². The number of carbonyl (C=O) groups excluding carboxylic acids is 2. The van der Waals surface area contributed by atoms with Gasteiger partial charge >= 0.3 is 0 Å². The Kier molecular flexibility index (Phi) is 7.92. The van der Waals surface area contributed by atoms with Gasteiger partial charge < -0.3 is 15.5 Å². The minimum Gasteiger partial charge on any atom is -0.371 e. The van der Waals surface area contributed by atoms with Crippen molar-refractivity contribution in [1.82, 2.24) is 5.32 Å². The lowest BCUT2D eigenvalue weighted by Crippen LogP contribution is -2.44. The molecule has 2 N–H and O–H groups in total. The normalized spacial score (nSPS) is 15.5. The van der Waals surface area contributed by atoms with E-state index < -0.39 is 11.3 Å². The number of rotatable bonds is 7. The number of nitrogens with one attached hydrogen (secondary N) is 2. The van der Waals surface area contributed by atoms with Crippen molar-refractivity contribution in [3.8, 4) is 0 Å². The third-order valence-electron chi connectivity index (χ3n) is 4.90. The number of thioether (sulfide) groups is 1. The highest BCUT2D eigenvalue weighted by atomic mass is 35.5. The molecule has 1 fully saturated rings. The molecule has 2 aromatic rings. The lowest BCUT2D eigenvalue weighted by atomic mass is 10.2. The number of hydrogen-bond acceptors (Lipinski definition) is 4. The predicted molar refractivity (Wildman–Crippen MR) is 126 cm³/mol. The third-order valence-corrected chi connectivity index (χ3v) is 6.74. The average molecular weight is 466 g/mol. The summed E-state index contributed by atoms with van der Waals surface area (Å²) in [6, 6.07) is 12.2. The Labute approximate surface area is 191 Å². The van der Waals surface area contributed by atoms with E-state index >= 15 is 0 Å². The Hall–Kier alpha value is -1.89. The Morgan fingerprint density at radius 3 is 2.50 bits per heavy atom. The van der Waals surface area contributed by atoms with Gasteiger partial charge in [-0.2, -0.15) is 0 Å². The molecule has 160 valence electrons. The third kappa shape index (κ3) is 6.06. The van der Waals surface area contributed by atoms with Crippen molar-refractivity contribution in [2.45, 2.75) is 42.9 Å². The molecular formula is C22H25Cl2N3O2S. The maximum absolute atomic E-state index is 12.6. The van der Waals surface area contributed by atoms with E-state index in [0.717, 1.165) is 29.4 Å². The molecule has 1 aliphatic heterocycles. The van der Waals surface area contributed by atoms with Gasteiger partial charge in [0.15, 0.2) is 0 Å². The highest BCUT2D eigenvalue weighted by molar-refractivity contribution is 8.00. The van der Waals surface area contributed by atoms with E-state index in [1.165, 1.54) is 24.6 Å². The number of hydrogen-bond donors (Lipinski definition) is 2. The summed E-state index contributed by atoms with van der Waals surface area (Å²) in [5, 5.41) is 6.31. The van der Waals surface area contributed by atoms with Crippen molar-refractivity contribution < 1.29 is 9.59 Å². The van der Waals surface area contributed by atoms with Crippen LogP contribution in [-0.2, 0) is 9.59 Å². The summed E-state index contributed by atoms with van der Waals surface area (Å²) in [4.78, 5) is 28.2. The van der Waals surface area contributed by atoms with Crippen molar-refractivity contribution in [3.05, 3.63) is 52.5 Å². The Balaban J connectivity index is 1.55. The van der Waals surface area contributed by atoms with E-state index in [2.05, 4.69) is 15.5 Å². The lowest BCUT2D eigenvalue weighted by Gasteiger charge is -2.20. The van der Waals surface area contributed by atoms with Crippen LogP contribution in [0.2, 0.25) is 10.0 Å². The van der Waals surface area contributed by atoms with E-state index in [1.807, 2.05) is 24.3 Å². The molecule has 3 rings (SSSR count). The summed E-state index contributed by atoms with van der Waals surface area (Å²) in [6.45, 7) is 5.51. The monoisotopic (exact) mass is 465 g/mol. The fraction of sp³-hybridized carbons (Fsp3) is 0.364. The van der Waals surface area contributed by atoms with E-state index in [-0.39, 0.29) is 11.8 Å². The molecule has 0 aromatic heterocycles. The van der Waals surface area contributed by atoms with Crippen LogP contribution in [0.15, 0.2) is 47.4 Å². The predicted octanol–water partition coefficient (Wildman–Crippen LogP) is 5.22. The zero-order chi connectivity index (χ0) is 21.7. The van der Waals surface area contributed by atoms with E-state index in [0.29, 0.717) is 10.0 Å². The van der Waals surface area contributed by atoms with E-state index in [1.54, 1.807) is 32.0 Å². The maximum Gasteiger partial charge on any atom is 0.246 e. The van der Waals surface area contributed by atoms with E-state index in [9.17, 15) is 9.59 Å². The van der Waals surface area contributed by atoms with Crippen LogP contribution >= 0.6 is 35.0 Å². The number of halogens is 2. The van der Waals surface area contributed by atoms with Crippen LogP contribution < -0.4 is 15.5 Å². The number of nitrogens with zero attached hydrogens (tertiary/aromatic N) is 1. The summed E-state index contributed by atoms with van der Waals surface area (Å²) in [5.74, 6) is -0.510. The van der Waals surface area contributed by atoms with Crippen LogP contribution in [0.25, 0.3) is 0 Å². The van der Waals surface area contributed by atoms with E-state index in [4.69, 9.17) is 23.2 Å². The molecule has 0 spiro atoms. The zero-order valence-corrected chi connectivity index (χ0v) is 19.3. The summed E-state index contributed by atoms with van der Waals surface area (Å²) >= 11 is 13.5. The number of anilines is 2. The van der Waals surface area contributed by atoms with Gasteiger partial charge in [0.1, 0.15) is 6.04 Å². The first-order chi connectivity index (χ1) is 14.3. The molecular weight excluding hydrogens is 441 g/mol. The number of carbonyl (C=O) groups is 2. The van der Waals surface area contributed by atoms with Gasteiger partial charge in [-0.25, -0.2) is 0 Å². The molecule has 2 atom stereocenters. The Morgan fingerprint density at radius 2 is 1.77 bits per heavy atom. The highest BCUT2D eigenvalue weighted by Crippen LogP contribution is 2.32. The first kappa shape index (κ1) is 22.8. The minimum absolute atomic E-state index is 0.246. The van der Waals surface area contributed by atoms with Crippen LogP contribution in [0, 0.1) is 0 Å². The zero-order valence-electron chi connectivity index (χ0n) is 17.0. The van der Waals surface area contributed by atoms with Gasteiger partial charge in [0, 0.05) is 34.4 Å². The molecule has 0 saturated carbocycles. The topological polar surface area (TPSA) is 61.4 Å². The largest absolute Gasteiger partial charge is 0.371 e. The highest BCUT2D eigenvalue weighted by Gasteiger charge is 2.22. The summed E-state index contributed by atoms with van der Waals surface area (Å²) in [7, 11) is 0. The van der Waals surface area contributed by atoms with Gasteiger partial charge in [-0.05, 0) is 63.1 Å². The van der Waals surface area contributed by atoms with Crippen LogP contribution in [0.1, 0.15) is 26.7 Å². The van der Waals surface area contributed by atoms with Gasteiger partial charge in [0.05, 0.1) is 10.3 Å². The standard InChI is InChI=1S/C22H25Cl2N3O2S/c1-14(25-22(29)15(2)30-20-12-16(23)8-9-19(20)24)21(28)26-17-6-5-7-18(13-17)27-10-3-4-11-27/h5-9,12-15H,3-4,10-11H2,1-2H3,(H,25,29)(H,26,28). The van der Waals surface area contributed by atoms with Crippen molar-refractivity contribution in [1.29, 1.82) is 0 Å². The van der Waals surface area contributed by atoms with Gasteiger partial charge in [-0.15, -0.1) is 11.8 Å². The Morgan fingerprint density at radius 1 is 1.03 bits per heavy atom. The molecule has 1 heterocycles. The van der Waals surface area contributed by atoms with Crippen molar-refractivity contribution in [2.75, 3.05) is 23.3 Å². The molecule has 2 amide bonds. The van der Waals surface area contributed by atoms with Crippen LogP contribution in [-0.4, -0.2) is 36.2 Å². The van der Waals surface area contributed by atoms with Crippen molar-refractivity contribution >= 4 is 58.2 Å². The second-order valence-corrected chi connectivity index (χ2v) is 9.53. The Bertz CT molecular complexity index is 919. The molecule has 8 heteroatoms. The average Bonchev–Trinajstić information content (AvgIpc) is 3.25. The van der Waals surface area contributed by atoms with Gasteiger partial charge in [0.2, 0.25) is 11.8 Å². The second kappa shape index (κ2) is 10.4. The fourth-order valence-electron chi connectivity index (χ4n) is 3.21. The smallest absolute Gasteiger partial charge is 0.246 e. The van der Waals surface area contributed by atoms with Crippen LogP contribution in [0.5, 0.6) is 0 Å². The van der Waals surface area contributed by atoms with Gasteiger partial charge in [-0.1, -0.05) is 29.3 Å². The summed E-state index contributed by atoms with van der Waals surface area (Å²) < 4.78 is 0. The first-order valence-electron chi connectivity index (χ1n) is 9.91. The molecule has 2 aromatic carbocycles. The lowest BCUT2D eigenvalue weighted by molar-refractivity contribution is -0.125. The molecule has 1 aliphatic rings. The van der Waals surface area contributed by atoms with Crippen molar-refractivity contribution in [3.63, 3.8) is 0 Å². The number of benzene rings is 2. The van der Waals surface area contributed by atoms with Crippen LogP contribution in [0.3, 0.4) is 0 Å². The molecule has 0 aliphatic carbocycles. The summed E-state index contributed by atoms with van der Waals surface area (Å²) in [5.41, 5.74) is 1.82.